The SMILES string of the molecule is CCN(CC)CC.FB(F)F.FB(F)F. The minimum atomic E-state index is -3.67. The number of hydrogen-bond acceptors (Lipinski definition) is 1. The third kappa shape index (κ3) is 57.9. The molecule has 0 heterocycles. The third-order valence-electron chi connectivity index (χ3n) is 1.34. The Morgan fingerprint density at radius 1 is 0.667 bits per heavy atom. The van der Waals surface area contributed by atoms with E-state index >= 15 is 0 Å². The van der Waals surface area contributed by atoms with E-state index in [4.69, 9.17) is 0 Å². The summed E-state index contributed by atoms with van der Waals surface area (Å²) in [5.74, 6) is 0. The van der Waals surface area contributed by atoms with Crippen LogP contribution in [0.1, 0.15) is 20.8 Å². The van der Waals surface area contributed by atoms with E-state index in [1.807, 2.05) is 0 Å². The molecule has 0 aromatic heterocycles. The molecule has 0 atom stereocenters. The highest BCUT2D eigenvalue weighted by atomic mass is 19.4. The molecule has 0 radical (unpaired) electrons. The molecule has 0 aromatic carbocycles. The molecule has 0 aliphatic heterocycles. The zero-order valence-electron chi connectivity index (χ0n) is 8.99. The van der Waals surface area contributed by atoms with Gasteiger partial charge in [0.05, 0.1) is 0 Å². The number of hydrogen-bond donors (Lipinski definition) is 0. The predicted octanol–water partition coefficient (Wildman–Crippen LogP) is 3.11. The van der Waals surface area contributed by atoms with Crippen molar-refractivity contribution in [3.05, 3.63) is 0 Å². The molecule has 0 unspecified atom stereocenters. The fraction of sp³-hybridized carbons (Fsp3) is 1.00. The molecular formula is C6H15B2F6N. The average molecular weight is 237 g/mol. The van der Waals surface area contributed by atoms with Gasteiger partial charge < -0.3 is 4.90 Å². The van der Waals surface area contributed by atoms with Gasteiger partial charge in [0.25, 0.3) is 0 Å². The molecule has 0 N–H and O–H groups in total. The summed E-state index contributed by atoms with van der Waals surface area (Å²) in [6.45, 7) is 10.1. The van der Waals surface area contributed by atoms with E-state index in [-0.39, 0.29) is 0 Å². The van der Waals surface area contributed by atoms with Crippen LogP contribution in [0.4, 0.5) is 25.9 Å². The van der Waals surface area contributed by atoms with Gasteiger partial charge in [-0.15, -0.1) is 0 Å². The summed E-state index contributed by atoms with van der Waals surface area (Å²) in [5, 5.41) is 0. The Hall–Kier alpha value is -0.330. The molecule has 1 nitrogen and oxygen atoms in total. The van der Waals surface area contributed by atoms with E-state index in [9.17, 15) is 25.9 Å². The molecule has 0 fully saturated rings. The molecule has 9 heteroatoms. The van der Waals surface area contributed by atoms with Crippen LogP contribution in [-0.4, -0.2) is 39.6 Å². The van der Waals surface area contributed by atoms with Crippen LogP contribution in [0.3, 0.4) is 0 Å². The third-order valence-corrected chi connectivity index (χ3v) is 1.34. The van der Waals surface area contributed by atoms with Crippen LogP contribution in [0.2, 0.25) is 0 Å². The van der Waals surface area contributed by atoms with E-state index in [1.54, 1.807) is 0 Å². The maximum absolute atomic E-state index is 9.67. The summed E-state index contributed by atoms with van der Waals surface area (Å²) >= 11 is 0. The molecular weight excluding hydrogens is 222 g/mol. The minimum Gasteiger partial charge on any atom is -0.304 e. The molecule has 0 bridgehead atoms. The highest BCUT2D eigenvalue weighted by molar-refractivity contribution is 6.33. The molecule has 0 rings (SSSR count). The average Bonchev–Trinajstić information content (AvgIpc) is 2.05. The van der Waals surface area contributed by atoms with Gasteiger partial charge in [-0.1, -0.05) is 20.8 Å². The summed E-state index contributed by atoms with van der Waals surface area (Å²) in [4.78, 5) is 2.38. The van der Waals surface area contributed by atoms with Gasteiger partial charge in [0.1, 0.15) is 0 Å². The summed E-state index contributed by atoms with van der Waals surface area (Å²) in [6.07, 6.45) is 0. The molecule has 0 amide bonds. The Bertz CT molecular complexity index is 86.6. The second-order valence-electron chi connectivity index (χ2n) is 2.11. The van der Waals surface area contributed by atoms with E-state index in [0.29, 0.717) is 0 Å². The highest BCUT2D eigenvalue weighted by Gasteiger charge is 2.06. The van der Waals surface area contributed by atoms with Crippen molar-refractivity contribution in [3.63, 3.8) is 0 Å². The van der Waals surface area contributed by atoms with Crippen molar-refractivity contribution < 1.29 is 25.9 Å². The lowest BCUT2D eigenvalue weighted by Gasteiger charge is -2.13. The fourth-order valence-electron chi connectivity index (χ4n) is 0.671. The molecule has 0 saturated heterocycles. The largest absolute Gasteiger partial charge is 0.762 e. The van der Waals surface area contributed by atoms with Crippen molar-refractivity contribution >= 4 is 15.1 Å². The monoisotopic (exact) mass is 237 g/mol. The van der Waals surface area contributed by atoms with Gasteiger partial charge in [-0.05, 0) is 19.6 Å². The van der Waals surface area contributed by atoms with Crippen LogP contribution in [-0.2, 0) is 0 Å². The van der Waals surface area contributed by atoms with Crippen molar-refractivity contribution in [2.45, 2.75) is 20.8 Å². The number of nitrogens with zero attached hydrogens (tertiary/aromatic N) is 1. The van der Waals surface area contributed by atoms with Gasteiger partial charge in [0, 0.05) is 0 Å². The van der Waals surface area contributed by atoms with Gasteiger partial charge in [0.15, 0.2) is 0 Å². The summed E-state index contributed by atoms with van der Waals surface area (Å²) in [6, 6.07) is 0. The Morgan fingerprint density at radius 2 is 0.800 bits per heavy atom. The van der Waals surface area contributed by atoms with Gasteiger partial charge in [-0.25, -0.2) is 0 Å². The van der Waals surface area contributed by atoms with Gasteiger partial charge in [-0.3, -0.25) is 25.9 Å². The number of halogens is 6. The summed E-state index contributed by atoms with van der Waals surface area (Å²) < 4.78 is 58.0. The first-order chi connectivity index (χ1) is 6.81. The predicted molar refractivity (Wildman–Crippen MR) is 51.6 cm³/mol. The smallest absolute Gasteiger partial charge is 0.304 e. The molecule has 15 heavy (non-hydrogen) atoms. The lowest BCUT2D eigenvalue weighted by atomic mass is 10.5. The normalized spacial score (nSPS) is 8.40. The second kappa shape index (κ2) is 16.1. The van der Waals surface area contributed by atoms with Crippen molar-refractivity contribution in [1.82, 2.24) is 4.90 Å². The van der Waals surface area contributed by atoms with Crippen LogP contribution < -0.4 is 0 Å². The first-order valence-electron chi connectivity index (χ1n) is 4.38. The maximum atomic E-state index is 9.67. The molecule has 0 aliphatic carbocycles. The molecule has 0 saturated carbocycles. The molecule has 0 spiro atoms. The number of rotatable bonds is 3. The van der Waals surface area contributed by atoms with E-state index in [1.165, 1.54) is 19.6 Å². The fourth-order valence-corrected chi connectivity index (χ4v) is 0.671. The standard InChI is InChI=1S/C6H15N.2BF3/c1-4-7(5-2)6-3;2*2-1(3)4/h4-6H2,1-3H3;;. The second-order valence-corrected chi connectivity index (χ2v) is 2.11. The molecule has 0 aromatic rings. The van der Waals surface area contributed by atoms with Crippen molar-refractivity contribution in [3.8, 4) is 0 Å². The van der Waals surface area contributed by atoms with E-state index in [0.717, 1.165) is 0 Å². The topological polar surface area (TPSA) is 3.24 Å². The minimum absolute atomic E-state index is 1.19. The summed E-state index contributed by atoms with van der Waals surface area (Å²) in [7, 11) is -7.33. The first kappa shape index (κ1) is 20.1. The van der Waals surface area contributed by atoms with Crippen LogP contribution in [0.25, 0.3) is 0 Å². The van der Waals surface area contributed by atoms with Gasteiger partial charge >= 0.3 is 15.1 Å². The Labute approximate surface area is 87.3 Å². The van der Waals surface area contributed by atoms with Gasteiger partial charge in [0.2, 0.25) is 0 Å². The highest BCUT2D eigenvalue weighted by Crippen LogP contribution is 1.82. The van der Waals surface area contributed by atoms with Crippen molar-refractivity contribution in [2.75, 3.05) is 19.6 Å². The zero-order valence-corrected chi connectivity index (χ0v) is 8.99. The van der Waals surface area contributed by atoms with Crippen LogP contribution in [0.5, 0.6) is 0 Å². The van der Waals surface area contributed by atoms with Crippen LogP contribution in [0.15, 0.2) is 0 Å². The Morgan fingerprint density at radius 3 is 0.800 bits per heavy atom. The maximum Gasteiger partial charge on any atom is 0.762 e. The Kier molecular flexibility index (Phi) is 21.6. The Balaban J connectivity index is -0.000000155. The zero-order chi connectivity index (χ0) is 12.9. The molecule has 92 valence electrons. The van der Waals surface area contributed by atoms with Crippen LogP contribution >= 0.6 is 0 Å². The van der Waals surface area contributed by atoms with Gasteiger partial charge in [-0.2, -0.15) is 0 Å². The lowest BCUT2D eigenvalue weighted by Crippen LogP contribution is -2.21. The quantitative estimate of drug-likeness (QED) is 0.538. The first-order valence-corrected chi connectivity index (χ1v) is 4.38. The van der Waals surface area contributed by atoms with Crippen molar-refractivity contribution in [2.24, 2.45) is 0 Å². The molecule has 0 aliphatic rings. The van der Waals surface area contributed by atoms with Crippen molar-refractivity contribution in [1.29, 1.82) is 0 Å². The van der Waals surface area contributed by atoms with Crippen LogP contribution in [0, 0.1) is 0 Å². The summed E-state index contributed by atoms with van der Waals surface area (Å²) in [5.41, 5.74) is 0. The van der Waals surface area contributed by atoms with E-state index in [2.05, 4.69) is 25.7 Å². The van der Waals surface area contributed by atoms with E-state index < -0.39 is 15.1 Å². The lowest BCUT2D eigenvalue weighted by molar-refractivity contribution is 0.321.